The number of hydrogen-bond acceptors (Lipinski definition) is 5. The molecule has 1 unspecified atom stereocenters. The first kappa shape index (κ1) is 22.1. The van der Waals surface area contributed by atoms with Crippen LogP contribution in [0.1, 0.15) is 49.4 Å². The van der Waals surface area contributed by atoms with Gasteiger partial charge in [-0.2, -0.15) is 0 Å². The van der Waals surface area contributed by atoms with Gasteiger partial charge in [0.05, 0.1) is 7.11 Å². The van der Waals surface area contributed by atoms with Gasteiger partial charge >= 0.3 is 0 Å². The summed E-state index contributed by atoms with van der Waals surface area (Å²) in [6.07, 6.45) is 3.76. The molecule has 2 aliphatic heterocycles. The first-order chi connectivity index (χ1) is 15.5. The van der Waals surface area contributed by atoms with Crippen LogP contribution in [0.15, 0.2) is 36.4 Å². The molecule has 0 radical (unpaired) electrons. The van der Waals surface area contributed by atoms with Gasteiger partial charge in [-0.1, -0.05) is 6.07 Å². The molecule has 7 nitrogen and oxygen atoms in total. The minimum absolute atomic E-state index is 0.182. The van der Waals surface area contributed by atoms with Crippen LogP contribution in [0.25, 0.3) is 0 Å². The third-order valence-electron chi connectivity index (χ3n) is 6.28. The number of pyridine rings is 1. The molecule has 7 heteroatoms. The number of benzene rings is 1. The van der Waals surface area contributed by atoms with Gasteiger partial charge in [0, 0.05) is 73.8 Å². The SMILES string of the molecule is COc1cccc(Nc2cc(C)nc(C3CCN(C(=O)CCCN4CCCC4=O)C3)c2)c1. The molecule has 1 aromatic heterocycles. The molecular formula is C25H32N4O3. The monoisotopic (exact) mass is 436 g/mol. The number of nitrogens with zero attached hydrogens (tertiary/aromatic N) is 3. The van der Waals surface area contributed by atoms with Crippen LogP contribution in [-0.2, 0) is 9.59 Å². The van der Waals surface area contributed by atoms with E-state index in [2.05, 4.69) is 11.4 Å². The van der Waals surface area contributed by atoms with Gasteiger partial charge in [0.25, 0.3) is 0 Å². The predicted molar refractivity (Wildman–Crippen MR) is 124 cm³/mol. The van der Waals surface area contributed by atoms with Gasteiger partial charge in [0.2, 0.25) is 11.8 Å². The first-order valence-corrected chi connectivity index (χ1v) is 11.5. The highest BCUT2D eigenvalue weighted by atomic mass is 16.5. The van der Waals surface area contributed by atoms with E-state index in [0.717, 1.165) is 60.9 Å². The van der Waals surface area contributed by atoms with Gasteiger partial charge in [-0.25, -0.2) is 0 Å². The lowest BCUT2D eigenvalue weighted by molar-refractivity contribution is -0.131. The van der Waals surface area contributed by atoms with Gasteiger partial charge in [0.1, 0.15) is 5.75 Å². The fourth-order valence-corrected chi connectivity index (χ4v) is 4.59. The number of anilines is 2. The quantitative estimate of drug-likeness (QED) is 0.680. The van der Waals surface area contributed by atoms with E-state index in [9.17, 15) is 9.59 Å². The second-order valence-corrected chi connectivity index (χ2v) is 8.69. The van der Waals surface area contributed by atoms with Crippen molar-refractivity contribution in [3.05, 3.63) is 47.8 Å². The lowest BCUT2D eigenvalue weighted by atomic mass is 10.0. The third-order valence-corrected chi connectivity index (χ3v) is 6.28. The summed E-state index contributed by atoms with van der Waals surface area (Å²) in [6.45, 7) is 5.00. The molecule has 2 aromatic rings. The molecular weight excluding hydrogens is 404 g/mol. The van der Waals surface area contributed by atoms with E-state index in [4.69, 9.17) is 9.72 Å². The molecule has 32 heavy (non-hydrogen) atoms. The number of methoxy groups -OCH3 is 1. The third kappa shape index (κ3) is 5.39. The van der Waals surface area contributed by atoms with Crippen LogP contribution >= 0.6 is 0 Å². The van der Waals surface area contributed by atoms with Crippen LogP contribution in [-0.4, -0.2) is 59.9 Å². The second kappa shape index (κ2) is 10.0. The molecule has 0 bridgehead atoms. The van der Waals surface area contributed by atoms with Crippen molar-refractivity contribution in [1.82, 2.24) is 14.8 Å². The average Bonchev–Trinajstić information content (AvgIpc) is 3.43. The molecule has 3 heterocycles. The summed E-state index contributed by atoms with van der Waals surface area (Å²) in [4.78, 5) is 33.0. The maximum atomic E-state index is 12.7. The van der Waals surface area contributed by atoms with Crippen LogP contribution in [0.4, 0.5) is 11.4 Å². The Labute approximate surface area is 189 Å². The summed E-state index contributed by atoms with van der Waals surface area (Å²) in [6, 6.07) is 12.0. The zero-order valence-electron chi connectivity index (χ0n) is 19.0. The molecule has 1 aromatic carbocycles. The summed E-state index contributed by atoms with van der Waals surface area (Å²) in [5.41, 5.74) is 3.92. The fourth-order valence-electron chi connectivity index (χ4n) is 4.59. The molecule has 1 atom stereocenters. The summed E-state index contributed by atoms with van der Waals surface area (Å²) in [5, 5.41) is 3.44. The van der Waals surface area contributed by atoms with E-state index in [1.807, 2.05) is 47.1 Å². The Kier molecular flexibility index (Phi) is 6.93. The summed E-state index contributed by atoms with van der Waals surface area (Å²) < 4.78 is 5.31. The van der Waals surface area contributed by atoms with Gasteiger partial charge in [-0.15, -0.1) is 0 Å². The molecule has 2 saturated heterocycles. The van der Waals surface area contributed by atoms with Gasteiger partial charge < -0.3 is 19.9 Å². The molecule has 2 fully saturated rings. The van der Waals surface area contributed by atoms with Crippen molar-refractivity contribution in [2.45, 2.75) is 44.9 Å². The molecule has 1 N–H and O–H groups in total. The Hall–Kier alpha value is -3.09. The molecule has 0 saturated carbocycles. The van der Waals surface area contributed by atoms with Gasteiger partial charge in [0.15, 0.2) is 0 Å². The van der Waals surface area contributed by atoms with Crippen molar-refractivity contribution in [2.75, 3.05) is 38.6 Å². The topological polar surface area (TPSA) is 74.8 Å². The predicted octanol–water partition coefficient (Wildman–Crippen LogP) is 3.86. The number of nitrogens with one attached hydrogen (secondary N) is 1. The van der Waals surface area contributed by atoms with Gasteiger partial charge in [-0.3, -0.25) is 14.6 Å². The smallest absolute Gasteiger partial charge is 0.222 e. The fraction of sp³-hybridized carbons (Fsp3) is 0.480. The lowest BCUT2D eigenvalue weighted by Crippen LogP contribution is -2.30. The van der Waals surface area contributed by atoms with Crippen molar-refractivity contribution in [2.24, 2.45) is 0 Å². The Morgan fingerprint density at radius 1 is 1.22 bits per heavy atom. The number of likely N-dealkylation sites (tertiary alicyclic amines) is 2. The number of carbonyl (C=O) groups is 2. The van der Waals surface area contributed by atoms with Crippen LogP contribution in [0.2, 0.25) is 0 Å². The molecule has 170 valence electrons. The maximum Gasteiger partial charge on any atom is 0.222 e. The number of ether oxygens (including phenoxy) is 1. The van der Waals surface area contributed by atoms with E-state index in [1.54, 1.807) is 7.11 Å². The number of carbonyl (C=O) groups excluding carboxylic acids is 2. The molecule has 0 spiro atoms. The van der Waals surface area contributed by atoms with E-state index < -0.39 is 0 Å². The van der Waals surface area contributed by atoms with Gasteiger partial charge in [-0.05, 0) is 50.5 Å². The zero-order valence-corrected chi connectivity index (χ0v) is 19.0. The largest absolute Gasteiger partial charge is 0.497 e. The van der Waals surface area contributed by atoms with Crippen LogP contribution in [0, 0.1) is 6.92 Å². The Balaban J connectivity index is 1.33. The van der Waals surface area contributed by atoms with Crippen molar-refractivity contribution >= 4 is 23.2 Å². The van der Waals surface area contributed by atoms with E-state index in [0.29, 0.717) is 25.9 Å². The highest BCUT2D eigenvalue weighted by Crippen LogP contribution is 2.30. The number of amides is 2. The van der Waals surface area contributed by atoms with Crippen LogP contribution in [0.5, 0.6) is 5.75 Å². The zero-order chi connectivity index (χ0) is 22.5. The molecule has 0 aliphatic carbocycles. The Morgan fingerprint density at radius 2 is 2.09 bits per heavy atom. The Bertz CT molecular complexity index is 977. The molecule has 2 aliphatic rings. The van der Waals surface area contributed by atoms with E-state index >= 15 is 0 Å². The highest BCUT2D eigenvalue weighted by molar-refractivity contribution is 5.78. The summed E-state index contributed by atoms with van der Waals surface area (Å²) >= 11 is 0. The van der Waals surface area contributed by atoms with E-state index in [-0.39, 0.29) is 17.7 Å². The minimum atomic E-state index is 0.182. The number of rotatable bonds is 8. The normalized spacial score (nSPS) is 18.3. The summed E-state index contributed by atoms with van der Waals surface area (Å²) in [7, 11) is 1.66. The second-order valence-electron chi connectivity index (χ2n) is 8.69. The number of hydrogen-bond donors (Lipinski definition) is 1. The Morgan fingerprint density at radius 3 is 2.88 bits per heavy atom. The molecule has 2 amide bonds. The van der Waals surface area contributed by atoms with Crippen molar-refractivity contribution in [3.8, 4) is 5.75 Å². The van der Waals surface area contributed by atoms with Crippen molar-refractivity contribution < 1.29 is 14.3 Å². The maximum absolute atomic E-state index is 12.7. The first-order valence-electron chi connectivity index (χ1n) is 11.5. The highest BCUT2D eigenvalue weighted by Gasteiger charge is 2.28. The average molecular weight is 437 g/mol. The van der Waals surface area contributed by atoms with Crippen LogP contribution in [0.3, 0.4) is 0 Å². The van der Waals surface area contributed by atoms with Crippen molar-refractivity contribution in [1.29, 1.82) is 0 Å². The molecule has 4 rings (SSSR count). The minimum Gasteiger partial charge on any atom is -0.497 e. The van der Waals surface area contributed by atoms with E-state index in [1.165, 1.54) is 0 Å². The number of aryl methyl sites for hydroxylation is 1. The number of aromatic nitrogens is 1. The van der Waals surface area contributed by atoms with Crippen molar-refractivity contribution in [3.63, 3.8) is 0 Å². The standard InChI is InChI=1S/C25H32N4O3/c1-18-14-21(27-20-6-3-7-22(15-20)32-2)16-23(26-18)19-10-13-29(17-19)25(31)9-5-12-28-11-4-8-24(28)30/h3,6-7,14-16,19H,4-5,8-13,17H2,1-2H3,(H,26,27). The lowest BCUT2D eigenvalue weighted by Gasteiger charge is -2.19. The van der Waals surface area contributed by atoms with Crippen LogP contribution < -0.4 is 10.1 Å². The summed E-state index contributed by atoms with van der Waals surface area (Å²) in [5.74, 6) is 1.45.